The van der Waals surface area contributed by atoms with E-state index in [1.807, 2.05) is 19.1 Å². The molecule has 2 rings (SSSR count). The number of rotatable bonds is 7. The van der Waals surface area contributed by atoms with Crippen LogP contribution in [0.4, 0.5) is 4.79 Å². The van der Waals surface area contributed by atoms with Crippen molar-refractivity contribution in [3.63, 3.8) is 0 Å². The Morgan fingerprint density at radius 3 is 2.68 bits per heavy atom. The summed E-state index contributed by atoms with van der Waals surface area (Å²) in [4.78, 5) is 35.4. The number of hydrogen-bond acceptors (Lipinski definition) is 4. The van der Waals surface area contributed by atoms with Crippen molar-refractivity contribution in [2.75, 3.05) is 26.2 Å². The van der Waals surface area contributed by atoms with Crippen LogP contribution in [0.25, 0.3) is 0 Å². The molecule has 0 unspecified atom stereocenters. The van der Waals surface area contributed by atoms with E-state index < -0.39 is 0 Å². The number of benzene rings is 1. The van der Waals surface area contributed by atoms with Crippen LogP contribution in [0.15, 0.2) is 24.3 Å². The number of carbonyl (C=O) groups excluding carboxylic acids is 3. The molecule has 0 aliphatic carbocycles. The standard InChI is InChI=1S/C15H19N3O4/c1-11-3-5-12(6-4-11)22-10-13(19)16-7-2-8-18-14(20)9-17-15(18)21/h3-6H,2,7-10H2,1H3,(H,16,19)(H,17,21). The molecule has 0 spiro atoms. The first-order chi connectivity index (χ1) is 10.6. The summed E-state index contributed by atoms with van der Waals surface area (Å²) < 4.78 is 5.35. The molecule has 1 heterocycles. The first-order valence-corrected chi connectivity index (χ1v) is 7.10. The summed E-state index contributed by atoms with van der Waals surface area (Å²) in [5.41, 5.74) is 1.12. The van der Waals surface area contributed by atoms with E-state index in [9.17, 15) is 14.4 Å². The predicted octanol–water partition coefficient (Wildman–Crippen LogP) is 0.432. The van der Waals surface area contributed by atoms with Crippen molar-refractivity contribution in [2.24, 2.45) is 0 Å². The van der Waals surface area contributed by atoms with Gasteiger partial charge in [-0.05, 0) is 25.5 Å². The van der Waals surface area contributed by atoms with Crippen molar-refractivity contribution in [2.45, 2.75) is 13.3 Å². The maximum Gasteiger partial charge on any atom is 0.324 e. The van der Waals surface area contributed by atoms with Gasteiger partial charge in [0.25, 0.3) is 5.91 Å². The van der Waals surface area contributed by atoms with Crippen LogP contribution in [-0.4, -0.2) is 49.0 Å². The molecule has 2 N–H and O–H groups in total. The SMILES string of the molecule is Cc1ccc(OCC(=O)NCCCN2C(=O)CNC2=O)cc1. The summed E-state index contributed by atoms with van der Waals surface area (Å²) >= 11 is 0. The smallest absolute Gasteiger partial charge is 0.324 e. The topological polar surface area (TPSA) is 87.7 Å². The second kappa shape index (κ2) is 7.44. The summed E-state index contributed by atoms with van der Waals surface area (Å²) in [6.07, 6.45) is 0.509. The minimum Gasteiger partial charge on any atom is -0.484 e. The fourth-order valence-corrected chi connectivity index (χ4v) is 1.98. The lowest BCUT2D eigenvalue weighted by Crippen LogP contribution is -2.35. The predicted molar refractivity (Wildman–Crippen MR) is 79.4 cm³/mol. The molecule has 1 aromatic rings. The quantitative estimate of drug-likeness (QED) is 0.565. The van der Waals surface area contributed by atoms with Crippen LogP contribution in [0.3, 0.4) is 0 Å². The van der Waals surface area contributed by atoms with Crippen molar-refractivity contribution < 1.29 is 19.1 Å². The second-order valence-electron chi connectivity index (χ2n) is 5.01. The molecule has 7 nitrogen and oxygen atoms in total. The monoisotopic (exact) mass is 305 g/mol. The lowest BCUT2D eigenvalue weighted by atomic mass is 10.2. The Morgan fingerprint density at radius 2 is 2.05 bits per heavy atom. The van der Waals surface area contributed by atoms with Crippen LogP contribution in [0.1, 0.15) is 12.0 Å². The fraction of sp³-hybridized carbons (Fsp3) is 0.400. The zero-order valence-electron chi connectivity index (χ0n) is 12.4. The van der Waals surface area contributed by atoms with Gasteiger partial charge in [0.1, 0.15) is 5.75 Å². The molecular formula is C15H19N3O4. The molecule has 1 aliphatic heterocycles. The number of carbonyl (C=O) groups is 3. The van der Waals surface area contributed by atoms with Crippen molar-refractivity contribution in [1.82, 2.24) is 15.5 Å². The van der Waals surface area contributed by atoms with Gasteiger partial charge in [-0.15, -0.1) is 0 Å². The molecule has 1 fully saturated rings. The molecule has 1 saturated heterocycles. The van der Waals surface area contributed by atoms with E-state index in [1.165, 1.54) is 0 Å². The zero-order valence-corrected chi connectivity index (χ0v) is 12.4. The maximum atomic E-state index is 11.6. The van der Waals surface area contributed by atoms with Crippen LogP contribution in [0.2, 0.25) is 0 Å². The molecule has 0 aromatic heterocycles. The Morgan fingerprint density at radius 1 is 1.32 bits per heavy atom. The lowest BCUT2D eigenvalue weighted by molar-refractivity contribution is -0.125. The highest BCUT2D eigenvalue weighted by molar-refractivity contribution is 6.01. The van der Waals surface area contributed by atoms with Gasteiger partial charge in [-0.2, -0.15) is 0 Å². The minimum atomic E-state index is -0.376. The largest absolute Gasteiger partial charge is 0.484 e. The van der Waals surface area contributed by atoms with Gasteiger partial charge in [-0.1, -0.05) is 17.7 Å². The van der Waals surface area contributed by atoms with Crippen molar-refractivity contribution in [1.29, 1.82) is 0 Å². The average molecular weight is 305 g/mol. The Balaban J connectivity index is 1.60. The molecule has 1 aromatic carbocycles. The highest BCUT2D eigenvalue weighted by atomic mass is 16.5. The van der Waals surface area contributed by atoms with E-state index >= 15 is 0 Å². The van der Waals surface area contributed by atoms with Gasteiger partial charge in [-0.3, -0.25) is 14.5 Å². The van der Waals surface area contributed by atoms with E-state index in [0.717, 1.165) is 10.5 Å². The summed E-state index contributed by atoms with van der Waals surface area (Å²) in [7, 11) is 0. The first kappa shape index (κ1) is 15.8. The number of imide groups is 1. The number of amides is 4. The molecule has 0 atom stereocenters. The fourth-order valence-electron chi connectivity index (χ4n) is 1.98. The highest BCUT2D eigenvalue weighted by Gasteiger charge is 2.27. The van der Waals surface area contributed by atoms with E-state index in [0.29, 0.717) is 25.3 Å². The molecule has 0 saturated carbocycles. The molecular weight excluding hydrogens is 286 g/mol. The Labute approximate surface area is 128 Å². The zero-order chi connectivity index (χ0) is 15.9. The van der Waals surface area contributed by atoms with Gasteiger partial charge in [0.05, 0.1) is 6.54 Å². The Kier molecular flexibility index (Phi) is 5.35. The molecule has 118 valence electrons. The lowest BCUT2D eigenvalue weighted by Gasteiger charge is -2.12. The summed E-state index contributed by atoms with van der Waals surface area (Å²) in [5, 5.41) is 5.13. The Hall–Kier alpha value is -2.57. The Bertz CT molecular complexity index is 540. The molecule has 7 heteroatoms. The summed E-state index contributed by atoms with van der Waals surface area (Å²) in [6.45, 7) is 2.64. The number of aryl methyl sites for hydroxylation is 1. The first-order valence-electron chi connectivity index (χ1n) is 7.10. The van der Waals surface area contributed by atoms with Gasteiger partial charge in [-0.25, -0.2) is 4.79 Å². The van der Waals surface area contributed by atoms with Crippen molar-refractivity contribution in [3.8, 4) is 5.75 Å². The van der Waals surface area contributed by atoms with Gasteiger partial charge in [0, 0.05) is 13.1 Å². The second-order valence-corrected chi connectivity index (χ2v) is 5.01. The number of nitrogens with one attached hydrogen (secondary N) is 2. The third-order valence-electron chi connectivity index (χ3n) is 3.21. The van der Waals surface area contributed by atoms with Crippen LogP contribution >= 0.6 is 0 Å². The molecule has 22 heavy (non-hydrogen) atoms. The molecule has 0 bridgehead atoms. The van der Waals surface area contributed by atoms with Crippen molar-refractivity contribution in [3.05, 3.63) is 29.8 Å². The average Bonchev–Trinajstić information content (AvgIpc) is 2.82. The summed E-state index contributed by atoms with van der Waals surface area (Å²) in [5.74, 6) is 0.164. The normalized spacial score (nSPS) is 14.0. The van der Waals surface area contributed by atoms with E-state index in [4.69, 9.17) is 4.74 Å². The number of ether oxygens (including phenoxy) is 1. The van der Waals surface area contributed by atoms with Gasteiger partial charge in [0.15, 0.2) is 6.61 Å². The number of hydrogen-bond donors (Lipinski definition) is 2. The molecule has 0 radical (unpaired) electrons. The summed E-state index contributed by atoms with van der Waals surface area (Å²) in [6, 6.07) is 7.05. The number of urea groups is 1. The third kappa shape index (κ3) is 4.47. The van der Waals surface area contributed by atoms with E-state index in [2.05, 4.69) is 10.6 Å². The highest BCUT2D eigenvalue weighted by Crippen LogP contribution is 2.10. The van der Waals surface area contributed by atoms with Crippen LogP contribution in [0, 0.1) is 6.92 Å². The van der Waals surface area contributed by atoms with Gasteiger partial charge in [0.2, 0.25) is 5.91 Å². The van der Waals surface area contributed by atoms with Crippen LogP contribution in [-0.2, 0) is 9.59 Å². The van der Waals surface area contributed by atoms with Crippen LogP contribution < -0.4 is 15.4 Å². The molecule has 4 amide bonds. The third-order valence-corrected chi connectivity index (χ3v) is 3.21. The van der Waals surface area contributed by atoms with Crippen LogP contribution in [0.5, 0.6) is 5.75 Å². The van der Waals surface area contributed by atoms with Crippen molar-refractivity contribution >= 4 is 17.8 Å². The van der Waals surface area contributed by atoms with E-state index in [1.54, 1.807) is 12.1 Å². The number of nitrogens with zero attached hydrogens (tertiary/aromatic N) is 1. The molecule has 1 aliphatic rings. The maximum absolute atomic E-state index is 11.6. The minimum absolute atomic E-state index is 0.0512. The van der Waals surface area contributed by atoms with Gasteiger partial charge >= 0.3 is 6.03 Å². The van der Waals surface area contributed by atoms with E-state index in [-0.39, 0.29) is 31.0 Å². The van der Waals surface area contributed by atoms with Gasteiger partial charge < -0.3 is 15.4 Å².